The molecule has 1 unspecified atom stereocenters. The van der Waals surface area contributed by atoms with Crippen molar-refractivity contribution in [3.8, 4) is 0 Å². The lowest BCUT2D eigenvalue weighted by atomic mass is 10.0. The molecule has 1 aromatic heterocycles. The SMILES string of the molecule is CC(=O)N1CCC(c2nc(C)no2)N(C(=O)C2CCCC2)CC1. The molecule has 1 aliphatic heterocycles. The van der Waals surface area contributed by atoms with Crippen LogP contribution in [0.5, 0.6) is 0 Å². The smallest absolute Gasteiger partial charge is 0.249 e. The molecule has 126 valence electrons. The molecule has 23 heavy (non-hydrogen) atoms. The Morgan fingerprint density at radius 1 is 1.13 bits per heavy atom. The molecule has 0 radical (unpaired) electrons. The van der Waals surface area contributed by atoms with Gasteiger partial charge >= 0.3 is 0 Å². The van der Waals surface area contributed by atoms with Gasteiger partial charge in [0.25, 0.3) is 0 Å². The number of carbonyl (C=O) groups excluding carboxylic acids is 2. The van der Waals surface area contributed by atoms with Crippen molar-refractivity contribution in [1.82, 2.24) is 19.9 Å². The predicted molar refractivity (Wildman–Crippen MR) is 82.3 cm³/mol. The second-order valence-electron chi connectivity index (χ2n) is 6.50. The number of aryl methyl sites for hydroxylation is 1. The van der Waals surface area contributed by atoms with Crippen LogP contribution in [0.3, 0.4) is 0 Å². The fraction of sp³-hybridized carbons (Fsp3) is 0.750. The van der Waals surface area contributed by atoms with Gasteiger partial charge in [0, 0.05) is 32.5 Å². The molecule has 0 bridgehead atoms. The zero-order chi connectivity index (χ0) is 16.4. The van der Waals surface area contributed by atoms with E-state index in [4.69, 9.17) is 4.52 Å². The first-order valence-electron chi connectivity index (χ1n) is 8.42. The Labute approximate surface area is 136 Å². The Morgan fingerprint density at radius 2 is 1.87 bits per heavy atom. The van der Waals surface area contributed by atoms with Gasteiger partial charge in [0.1, 0.15) is 6.04 Å². The van der Waals surface area contributed by atoms with Gasteiger partial charge in [0.2, 0.25) is 17.7 Å². The van der Waals surface area contributed by atoms with Crippen LogP contribution in [0.25, 0.3) is 0 Å². The maximum Gasteiger partial charge on any atom is 0.249 e. The van der Waals surface area contributed by atoms with E-state index in [0.717, 1.165) is 25.7 Å². The van der Waals surface area contributed by atoms with Crippen LogP contribution in [-0.2, 0) is 9.59 Å². The van der Waals surface area contributed by atoms with Crippen LogP contribution in [0, 0.1) is 12.8 Å². The highest BCUT2D eigenvalue weighted by Crippen LogP contribution is 2.32. The number of hydrogen-bond acceptors (Lipinski definition) is 5. The molecule has 2 heterocycles. The van der Waals surface area contributed by atoms with Crippen molar-refractivity contribution in [1.29, 1.82) is 0 Å². The van der Waals surface area contributed by atoms with Crippen molar-refractivity contribution in [2.45, 2.75) is 52.0 Å². The van der Waals surface area contributed by atoms with Gasteiger partial charge in [-0.3, -0.25) is 9.59 Å². The maximum atomic E-state index is 13.0. The highest BCUT2D eigenvalue weighted by atomic mass is 16.5. The van der Waals surface area contributed by atoms with E-state index in [1.807, 2.05) is 4.90 Å². The van der Waals surface area contributed by atoms with Crippen LogP contribution in [0.2, 0.25) is 0 Å². The first-order valence-corrected chi connectivity index (χ1v) is 8.42. The Balaban J connectivity index is 1.84. The molecular weight excluding hydrogens is 296 g/mol. The number of amides is 2. The molecule has 0 spiro atoms. The van der Waals surface area contributed by atoms with Crippen molar-refractivity contribution in [3.05, 3.63) is 11.7 Å². The molecule has 2 aliphatic rings. The number of carbonyl (C=O) groups is 2. The number of aromatic nitrogens is 2. The summed E-state index contributed by atoms with van der Waals surface area (Å²) in [6.07, 6.45) is 4.80. The Kier molecular flexibility index (Phi) is 4.63. The van der Waals surface area contributed by atoms with Crippen molar-refractivity contribution in [2.24, 2.45) is 5.92 Å². The summed E-state index contributed by atoms with van der Waals surface area (Å²) < 4.78 is 5.34. The summed E-state index contributed by atoms with van der Waals surface area (Å²) in [6.45, 7) is 5.04. The Bertz CT molecular complexity index is 580. The topological polar surface area (TPSA) is 79.5 Å². The minimum Gasteiger partial charge on any atom is -0.341 e. The second-order valence-corrected chi connectivity index (χ2v) is 6.50. The number of hydrogen-bond donors (Lipinski definition) is 0. The van der Waals surface area contributed by atoms with Crippen LogP contribution in [-0.4, -0.2) is 51.4 Å². The molecule has 7 heteroatoms. The lowest BCUT2D eigenvalue weighted by Gasteiger charge is -2.29. The van der Waals surface area contributed by atoms with Crippen LogP contribution in [0.1, 0.15) is 56.8 Å². The summed E-state index contributed by atoms with van der Waals surface area (Å²) in [7, 11) is 0. The largest absolute Gasteiger partial charge is 0.341 e. The van der Waals surface area contributed by atoms with E-state index in [9.17, 15) is 9.59 Å². The van der Waals surface area contributed by atoms with E-state index in [0.29, 0.717) is 37.8 Å². The molecule has 1 aromatic rings. The summed E-state index contributed by atoms with van der Waals surface area (Å²) >= 11 is 0. The minimum absolute atomic E-state index is 0.0422. The monoisotopic (exact) mass is 320 g/mol. The van der Waals surface area contributed by atoms with Crippen molar-refractivity contribution in [3.63, 3.8) is 0 Å². The van der Waals surface area contributed by atoms with Crippen LogP contribution >= 0.6 is 0 Å². The van der Waals surface area contributed by atoms with Gasteiger partial charge in [-0.15, -0.1) is 0 Å². The van der Waals surface area contributed by atoms with Crippen molar-refractivity contribution in [2.75, 3.05) is 19.6 Å². The van der Waals surface area contributed by atoms with Gasteiger partial charge in [-0.25, -0.2) is 0 Å². The van der Waals surface area contributed by atoms with Gasteiger partial charge in [-0.2, -0.15) is 4.98 Å². The number of nitrogens with zero attached hydrogens (tertiary/aromatic N) is 4. The summed E-state index contributed by atoms with van der Waals surface area (Å²) in [5, 5.41) is 3.86. The molecule has 1 aliphatic carbocycles. The van der Waals surface area contributed by atoms with E-state index in [-0.39, 0.29) is 23.8 Å². The summed E-state index contributed by atoms with van der Waals surface area (Å²) in [5.74, 6) is 1.37. The zero-order valence-electron chi connectivity index (χ0n) is 13.8. The molecule has 1 saturated carbocycles. The molecule has 3 rings (SSSR count). The van der Waals surface area contributed by atoms with Gasteiger partial charge in [-0.1, -0.05) is 18.0 Å². The third kappa shape index (κ3) is 3.38. The van der Waals surface area contributed by atoms with Crippen molar-refractivity contribution < 1.29 is 14.1 Å². The molecule has 2 amide bonds. The summed E-state index contributed by atoms with van der Waals surface area (Å²) in [4.78, 5) is 32.6. The predicted octanol–water partition coefficient (Wildman–Crippen LogP) is 1.69. The van der Waals surface area contributed by atoms with Crippen molar-refractivity contribution >= 4 is 11.8 Å². The normalized spacial score (nSPS) is 23.1. The molecule has 1 saturated heterocycles. The first-order chi connectivity index (χ1) is 11.1. The third-order valence-corrected chi connectivity index (χ3v) is 4.92. The molecule has 1 atom stereocenters. The molecule has 7 nitrogen and oxygen atoms in total. The van der Waals surface area contributed by atoms with E-state index < -0.39 is 0 Å². The van der Waals surface area contributed by atoms with Gasteiger partial charge in [0.15, 0.2) is 5.82 Å². The average Bonchev–Trinajstić information content (AvgIpc) is 3.14. The van der Waals surface area contributed by atoms with E-state index >= 15 is 0 Å². The highest BCUT2D eigenvalue weighted by molar-refractivity contribution is 5.80. The summed E-state index contributed by atoms with van der Waals surface area (Å²) in [6, 6.07) is -0.228. The quantitative estimate of drug-likeness (QED) is 0.828. The Morgan fingerprint density at radius 3 is 2.48 bits per heavy atom. The lowest BCUT2D eigenvalue weighted by Crippen LogP contribution is -2.40. The second kappa shape index (κ2) is 6.68. The molecule has 0 aromatic carbocycles. The average molecular weight is 320 g/mol. The molecule has 2 fully saturated rings. The summed E-state index contributed by atoms with van der Waals surface area (Å²) in [5.41, 5.74) is 0. The first kappa shape index (κ1) is 16.0. The molecule has 0 N–H and O–H groups in total. The minimum atomic E-state index is -0.228. The molecular formula is C16H24N4O3. The van der Waals surface area contributed by atoms with Crippen LogP contribution < -0.4 is 0 Å². The fourth-order valence-corrected chi connectivity index (χ4v) is 3.62. The van der Waals surface area contributed by atoms with Crippen LogP contribution in [0.4, 0.5) is 0 Å². The fourth-order valence-electron chi connectivity index (χ4n) is 3.62. The Hall–Kier alpha value is -1.92. The zero-order valence-corrected chi connectivity index (χ0v) is 13.8. The van der Waals surface area contributed by atoms with E-state index in [1.165, 1.54) is 0 Å². The van der Waals surface area contributed by atoms with E-state index in [1.54, 1.807) is 18.7 Å². The lowest BCUT2D eigenvalue weighted by molar-refractivity contribution is -0.138. The standard InChI is InChI=1S/C16H24N4O3/c1-11-17-15(23-18-11)14-7-8-19(12(2)21)9-10-20(14)16(22)13-5-3-4-6-13/h13-14H,3-10H2,1-2H3. The van der Waals surface area contributed by atoms with Crippen LogP contribution in [0.15, 0.2) is 4.52 Å². The van der Waals surface area contributed by atoms with E-state index in [2.05, 4.69) is 10.1 Å². The number of rotatable bonds is 2. The highest BCUT2D eigenvalue weighted by Gasteiger charge is 2.36. The van der Waals surface area contributed by atoms with Gasteiger partial charge in [-0.05, 0) is 26.2 Å². The third-order valence-electron chi connectivity index (χ3n) is 4.92. The maximum absolute atomic E-state index is 13.0. The van der Waals surface area contributed by atoms with Gasteiger partial charge < -0.3 is 14.3 Å². The van der Waals surface area contributed by atoms with Gasteiger partial charge in [0.05, 0.1) is 0 Å².